The maximum Gasteiger partial charge on any atom is 0.310 e. The number of nitrogens with zero attached hydrogens (tertiary/aromatic N) is 1. The van der Waals surface area contributed by atoms with Gasteiger partial charge < -0.3 is 9.64 Å². The van der Waals surface area contributed by atoms with E-state index < -0.39 is 0 Å². The number of rotatable bonds is 8. The molecule has 0 aliphatic heterocycles. The van der Waals surface area contributed by atoms with Crippen molar-refractivity contribution < 1.29 is 14.3 Å². The highest BCUT2D eigenvalue weighted by molar-refractivity contribution is 5.79. The summed E-state index contributed by atoms with van der Waals surface area (Å²) in [5.74, 6) is -0.627. The van der Waals surface area contributed by atoms with Gasteiger partial charge in [0.25, 0.3) is 0 Å². The predicted molar refractivity (Wildman–Crippen MR) is 107 cm³/mol. The Morgan fingerprint density at radius 1 is 0.889 bits per heavy atom. The molecular weight excluding hydrogens is 338 g/mol. The first-order valence-corrected chi connectivity index (χ1v) is 9.41. The van der Waals surface area contributed by atoms with Crippen molar-refractivity contribution in [3.05, 3.63) is 71.8 Å². The first-order chi connectivity index (χ1) is 12.9. The number of hydrogen-bond acceptors (Lipinski definition) is 3. The molecule has 4 nitrogen and oxygen atoms in total. The molecular formula is C23H29NO3. The quantitative estimate of drug-likeness (QED) is 0.655. The Morgan fingerprint density at radius 3 is 1.78 bits per heavy atom. The molecule has 0 heterocycles. The summed E-state index contributed by atoms with van der Waals surface area (Å²) >= 11 is 0. The fourth-order valence-corrected chi connectivity index (χ4v) is 3.26. The largest absolute Gasteiger partial charge is 0.469 e. The minimum Gasteiger partial charge on any atom is -0.469 e. The molecule has 0 bridgehead atoms. The van der Waals surface area contributed by atoms with E-state index in [4.69, 9.17) is 4.74 Å². The van der Waals surface area contributed by atoms with Crippen molar-refractivity contribution in [1.82, 2.24) is 4.90 Å². The van der Waals surface area contributed by atoms with E-state index in [0.29, 0.717) is 13.0 Å². The summed E-state index contributed by atoms with van der Waals surface area (Å²) in [5.41, 5.74) is 2.23. The van der Waals surface area contributed by atoms with Crippen molar-refractivity contribution >= 4 is 11.9 Å². The Balaban J connectivity index is 2.24. The molecule has 1 atom stereocenters. The fraction of sp³-hybridized carbons (Fsp3) is 0.391. The molecule has 0 fully saturated rings. The summed E-state index contributed by atoms with van der Waals surface area (Å²) in [6.07, 6.45) is 0.361. The zero-order valence-electron chi connectivity index (χ0n) is 16.6. The van der Waals surface area contributed by atoms with E-state index >= 15 is 0 Å². The first kappa shape index (κ1) is 20.7. The molecule has 27 heavy (non-hydrogen) atoms. The molecule has 0 aromatic heterocycles. The van der Waals surface area contributed by atoms with Gasteiger partial charge in [0.05, 0.1) is 13.0 Å². The summed E-state index contributed by atoms with van der Waals surface area (Å²) in [6.45, 7) is 6.10. The van der Waals surface area contributed by atoms with Crippen LogP contribution in [-0.2, 0) is 14.3 Å². The van der Waals surface area contributed by atoms with Crippen molar-refractivity contribution in [2.75, 3.05) is 13.7 Å². The maximum atomic E-state index is 13.2. The van der Waals surface area contributed by atoms with E-state index in [0.717, 1.165) is 11.1 Å². The number of ether oxygens (including phenoxy) is 1. The number of carbonyl (C=O) groups is 2. The molecule has 0 radical (unpaired) electrons. The van der Waals surface area contributed by atoms with Gasteiger partial charge in [-0.1, -0.05) is 67.6 Å². The number of benzene rings is 2. The molecule has 0 N–H and O–H groups in total. The molecule has 1 amide bonds. The Morgan fingerprint density at radius 2 is 1.37 bits per heavy atom. The molecule has 2 aromatic rings. The minimum atomic E-state index is -0.353. The molecule has 1 unspecified atom stereocenters. The lowest BCUT2D eigenvalue weighted by atomic mass is 9.88. The van der Waals surface area contributed by atoms with Crippen molar-refractivity contribution in [1.29, 1.82) is 0 Å². The summed E-state index contributed by atoms with van der Waals surface area (Å²) in [6, 6.07) is 20.2. The highest BCUT2D eigenvalue weighted by Crippen LogP contribution is 2.29. The Bertz CT molecular complexity index is 688. The van der Waals surface area contributed by atoms with E-state index in [1.54, 1.807) is 11.8 Å². The monoisotopic (exact) mass is 367 g/mol. The third-order valence-electron chi connectivity index (χ3n) is 4.80. The van der Waals surface area contributed by atoms with Crippen molar-refractivity contribution in [2.45, 2.75) is 39.2 Å². The van der Waals surface area contributed by atoms with Gasteiger partial charge in [0, 0.05) is 24.9 Å². The van der Waals surface area contributed by atoms with Gasteiger partial charge in [0.15, 0.2) is 0 Å². The lowest BCUT2D eigenvalue weighted by Gasteiger charge is -2.30. The van der Waals surface area contributed by atoms with Gasteiger partial charge in [-0.05, 0) is 25.0 Å². The predicted octanol–water partition coefficient (Wildman–Crippen LogP) is 4.25. The van der Waals surface area contributed by atoms with Crippen molar-refractivity contribution in [3.8, 4) is 0 Å². The summed E-state index contributed by atoms with van der Waals surface area (Å²) in [7, 11) is 1.38. The molecule has 4 heteroatoms. The fourth-order valence-electron chi connectivity index (χ4n) is 3.26. The zero-order valence-corrected chi connectivity index (χ0v) is 16.6. The van der Waals surface area contributed by atoms with E-state index in [9.17, 15) is 9.59 Å². The van der Waals surface area contributed by atoms with Gasteiger partial charge >= 0.3 is 5.97 Å². The number of amides is 1. The zero-order chi connectivity index (χ0) is 19.8. The second-order valence-corrected chi connectivity index (χ2v) is 7.14. The van der Waals surface area contributed by atoms with Crippen LogP contribution in [0.25, 0.3) is 0 Å². The lowest BCUT2D eigenvalue weighted by molar-refractivity contribution is -0.146. The molecule has 0 spiro atoms. The van der Waals surface area contributed by atoms with E-state index in [1.807, 2.05) is 50.2 Å². The lowest BCUT2D eigenvalue weighted by Crippen LogP contribution is -2.42. The average Bonchev–Trinajstić information content (AvgIpc) is 2.70. The van der Waals surface area contributed by atoms with Crippen LogP contribution in [0.2, 0.25) is 0 Å². The van der Waals surface area contributed by atoms with Crippen LogP contribution >= 0.6 is 0 Å². The molecule has 0 saturated heterocycles. The molecule has 0 aliphatic carbocycles. The van der Waals surface area contributed by atoms with Crippen LogP contribution in [0.1, 0.15) is 44.2 Å². The van der Waals surface area contributed by atoms with Crippen molar-refractivity contribution in [3.63, 3.8) is 0 Å². The van der Waals surface area contributed by atoms with Gasteiger partial charge in [-0.15, -0.1) is 0 Å². The normalized spacial score (nSPS) is 12.1. The molecule has 0 saturated carbocycles. The Hall–Kier alpha value is -2.62. The topological polar surface area (TPSA) is 46.6 Å². The van der Waals surface area contributed by atoms with E-state index in [2.05, 4.69) is 24.3 Å². The third-order valence-corrected chi connectivity index (χ3v) is 4.80. The summed E-state index contributed by atoms with van der Waals surface area (Å²) < 4.78 is 4.82. The van der Waals surface area contributed by atoms with Gasteiger partial charge in [-0.2, -0.15) is 0 Å². The van der Waals surface area contributed by atoms with Crippen LogP contribution in [0.4, 0.5) is 0 Å². The number of methoxy groups -OCH3 is 1. The number of carbonyl (C=O) groups excluding carboxylic acids is 2. The van der Waals surface area contributed by atoms with E-state index in [1.165, 1.54) is 7.11 Å². The van der Waals surface area contributed by atoms with Crippen LogP contribution in [0, 0.1) is 5.92 Å². The van der Waals surface area contributed by atoms with Gasteiger partial charge in [-0.25, -0.2) is 0 Å². The Kier molecular flexibility index (Phi) is 7.59. The van der Waals surface area contributed by atoms with Crippen LogP contribution in [0.15, 0.2) is 60.7 Å². The number of hydrogen-bond donors (Lipinski definition) is 0. The second kappa shape index (κ2) is 9.91. The second-order valence-electron chi connectivity index (χ2n) is 7.14. The first-order valence-electron chi connectivity index (χ1n) is 9.41. The van der Waals surface area contributed by atoms with Crippen LogP contribution < -0.4 is 0 Å². The Labute approximate surface area is 162 Å². The van der Waals surface area contributed by atoms with Crippen LogP contribution in [0.3, 0.4) is 0 Å². The van der Waals surface area contributed by atoms with Crippen LogP contribution in [0.5, 0.6) is 0 Å². The third kappa shape index (κ3) is 5.68. The average molecular weight is 367 g/mol. The molecule has 0 aliphatic rings. The molecule has 2 rings (SSSR count). The van der Waals surface area contributed by atoms with Gasteiger partial charge in [-0.3, -0.25) is 9.59 Å². The van der Waals surface area contributed by atoms with E-state index in [-0.39, 0.29) is 29.8 Å². The van der Waals surface area contributed by atoms with Crippen LogP contribution in [-0.4, -0.2) is 36.5 Å². The van der Waals surface area contributed by atoms with Gasteiger partial charge in [0.2, 0.25) is 5.91 Å². The number of esters is 1. The maximum absolute atomic E-state index is 13.2. The van der Waals surface area contributed by atoms with Crippen molar-refractivity contribution in [2.24, 2.45) is 5.92 Å². The molecule has 2 aromatic carbocycles. The SMILES string of the molecule is COC(=O)C(C)CN(C(=O)CC(c1ccccc1)c1ccccc1)C(C)C. The summed E-state index contributed by atoms with van der Waals surface area (Å²) in [5, 5.41) is 0. The highest BCUT2D eigenvalue weighted by Gasteiger charge is 2.26. The smallest absolute Gasteiger partial charge is 0.310 e. The minimum absolute atomic E-state index is 0.0109. The highest BCUT2D eigenvalue weighted by atomic mass is 16.5. The molecule has 144 valence electrons. The van der Waals surface area contributed by atoms with Gasteiger partial charge in [0.1, 0.15) is 0 Å². The standard InChI is InChI=1S/C23H29NO3/c1-17(2)24(16-18(3)23(26)27-4)22(25)15-21(19-11-7-5-8-12-19)20-13-9-6-10-14-20/h5-14,17-18,21H,15-16H2,1-4H3. The summed E-state index contributed by atoms with van der Waals surface area (Å²) in [4.78, 5) is 26.7.